The zero-order chi connectivity index (χ0) is 24.4. The Hall–Kier alpha value is -3.34. The largest absolute Gasteiger partial charge is 0.497 e. The third kappa shape index (κ3) is 4.77. The Morgan fingerprint density at radius 2 is 1.69 bits per heavy atom. The molecule has 5 rings (SSSR count). The van der Waals surface area contributed by atoms with E-state index in [2.05, 4.69) is 17.4 Å². The number of hydrogen-bond donors (Lipinski definition) is 1. The summed E-state index contributed by atoms with van der Waals surface area (Å²) in [4.78, 5) is 27.3. The minimum atomic E-state index is -0.471. The van der Waals surface area contributed by atoms with Gasteiger partial charge in [-0.3, -0.25) is 4.79 Å². The van der Waals surface area contributed by atoms with Gasteiger partial charge >= 0.3 is 5.97 Å². The number of allylic oxidation sites excluding steroid dienone is 3. The number of hydrogen-bond acceptors (Lipinski definition) is 5. The first-order valence-corrected chi connectivity index (χ1v) is 12.7. The second-order valence-corrected chi connectivity index (χ2v) is 9.87. The molecule has 1 fully saturated rings. The van der Waals surface area contributed by atoms with Gasteiger partial charge in [0.25, 0.3) is 0 Å². The van der Waals surface area contributed by atoms with Crippen LogP contribution in [0.1, 0.15) is 74.8 Å². The van der Waals surface area contributed by atoms with Crippen LogP contribution in [0.15, 0.2) is 77.1 Å². The number of carbonyl (C=O) groups is 2. The molecule has 2 aromatic carbocycles. The van der Waals surface area contributed by atoms with Crippen LogP contribution in [-0.2, 0) is 14.3 Å². The molecule has 2 aliphatic carbocycles. The van der Waals surface area contributed by atoms with Gasteiger partial charge in [0.2, 0.25) is 0 Å². The summed E-state index contributed by atoms with van der Waals surface area (Å²) in [7, 11) is 1.63. The van der Waals surface area contributed by atoms with Crippen molar-refractivity contribution in [1.29, 1.82) is 0 Å². The highest BCUT2D eigenvalue weighted by atomic mass is 16.5. The summed E-state index contributed by atoms with van der Waals surface area (Å²) >= 11 is 0. The lowest BCUT2D eigenvalue weighted by atomic mass is 9.71. The van der Waals surface area contributed by atoms with E-state index < -0.39 is 5.92 Å². The highest BCUT2D eigenvalue weighted by Gasteiger charge is 2.42. The summed E-state index contributed by atoms with van der Waals surface area (Å²) in [6.07, 6.45) is 6.27. The standard InChI is InChI=1S/C30H33NO4/c1-19-27(30(33)35-23-13-7-4-8-14-23)28(21-12-9-15-24(16-21)34-2)29-25(31-19)17-22(18-26(29)32)20-10-5-3-6-11-20/h3,5-6,9-12,15-16,22-23,28,31H,4,7-8,13-14,17-18H2,1-2H3/t22-,28+/m1/s1. The van der Waals surface area contributed by atoms with Crippen LogP contribution in [0.3, 0.4) is 0 Å². The summed E-state index contributed by atoms with van der Waals surface area (Å²) in [6, 6.07) is 17.9. The van der Waals surface area contributed by atoms with Crippen molar-refractivity contribution in [1.82, 2.24) is 5.32 Å². The second-order valence-electron chi connectivity index (χ2n) is 9.87. The maximum atomic E-state index is 13.7. The SMILES string of the molecule is COc1cccc([C@H]2C(C(=O)OC3CCCCC3)=C(C)NC3=C2C(=O)C[C@H](c2ccccc2)C3)c1. The molecule has 0 aromatic heterocycles. The Kier molecular flexibility index (Phi) is 6.76. The van der Waals surface area contributed by atoms with Crippen molar-refractivity contribution in [3.8, 4) is 5.75 Å². The van der Waals surface area contributed by atoms with Crippen molar-refractivity contribution in [2.45, 2.75) is 69.8 Å². The summed E-state index contributed by atoms with van der Waals surface area (Å²) in [5.41, 5.74) is 4.94. The molecule has 2 atom stereocenters. The van der Waals surface area contributed by atoms with Crippen molar-refractivity contribution < 1.29 is 19.1 Å². The third-order valence-electron chi connectivity index (χ3n) is 7.57. The summed E-state index contributed by atoms with van der Waals surface area (Å²) in [6.45, 7) is 1.92. The van der Waals surface area contributed by atoms with Crippen molar-refractivity contribution in [2.75, 3.05) is 7.11 Å². The van der Waals surface area contributed by atoms with E-state index in [-0.39, 0.29) is 23.8 Å². The highest BCUT2D eigenvalue weighted by molar-refractivity contribution is 6.04. The van der Waals surface area contributed by atoms with Gasteiger partial charge < -0.3 is 14.8 Å². The molecule has 2 aromatic rings. The Labute approximate surface area is 207 Å². The van der Waals surface area contributed by atoms with Gasteiger partial charge in [-0.15, -0.1) is 0 Å². The fourth-order valence-corrected chi connectivity index (χ4v) is 5.82. The van der Waals surface area contributed by atoms with Gasteiger partial charge in [0.15, 0.2) is 5.78 Å². The van der Waals surface area contributed by atoms with Crippen molar-refractivity contribution in [3.05, 3.63) is 88.3 Å². The third-order valence-corrected chi connectivity index (χ3v) is 7.57. The van der Waals surface area contributed by atoms with E-state index in [4.69, 9.17) is 9.47 Å². The fourth-order valence-electron chi connectivity index (χ4n) is 5.82. The first-order valence-electron chi connectivity index (χ1n) is 12.7. The van der Waals surface area contributed by atoms with Crippen molar-refractivity contribution >= 4 is 11.8 Å². The smallest absolute Gasteiger partial charge is 0.337 e. The van der Waals surface area contributed by atoms with Crippen molar-refractivity contribution in [2.24, 2.45) is 0 Å². The van der Waals surface area contributed by atoms with E-state index in [0.717, 1.165) is 54.6 Å². The molecular weight excluding hydrogens is 438 g/mol. The van der Waals surface area contributed by atoms with Crippen LogP contribution in [0.4, 0.5) is 0 Å². The molecule has 5 nitrogen and oxygen atoms in total. The lowest BCUT2D eigenvalue weighted by Crippen LogP contribution is -2.37. The maximum Gasteiger partial charge on any atom is 0.337 e. The topological polar surface area (TPSA) is 64.6 Å². The average Bonchev–Trinajstić information content (AvgIpc) is 2.88. The molecule has 1 heterocycles. The van der Waals surface area contributed by atoms with Crippen LogP contribution < -0.4 is 10.1 Å². The molecule has 0 saturated heterocycles. The first kappa shape index (κ1) is 23.4. The molecule has 0 unspecified atom stereocenters. The number of esters is 1. The molecule has 3 aliphatic rings. The number of dihydropyridines is 1. The molecule has 0 spiro atoms. The van der Waals surface area contributed by atoms with Crippen LogP contribution in [-0.4, -0.2) is 25.0 Å². The lowest BCUT2D eigenvalue weighted by Gasteiger charge is -2.37. The van der Waals surface area contributed by atoms with E-state index in [1.807, 2.05) is 49.4 Å². The molecular formula is C30H33NO4. The summed E-state index contributed by atoms with van der Waals surface area (Å²) < 4.78 is 11.5. The van der Waals surface area contributed by atoms with Gasteiger partial charge in [0.05, 0.1) is 12.7 Å². The van der Waals surface area contributed by atoms with E-state index in [1.54, 1.807) is 7.11 Å². The number of benzene rings is 2. The molecule has 35 heavy (non-hydrogen) atoms. The predicted octanol–water partition coefficient (Wildman–Crippen LogP) is 5.93. The highest BCUT2D eigenvalue weighted by Crippen LogP contribution is 2.46. The number of ketones is 1. The normalized spacial score (nSPS) is 23.0. The van der Waals surface area contributed by atoms with Gasteiger partial charge in [-0.1, -0.05) is 48.9 Å². The van der Waals surface area contributed by atoms with Crippen LogP contribution in [0.25, 0.3) is 0 Å². The molecule has 1 saturated carbocycles. The number of carbonyl (C=O) groups excluding carboxylic acids is 2. The predicted molar refractivity (Wildman–Crippen MR) is 135 cm³/mol. The average molecular weight is 472 g/mol. The zero-order valence-corrected chi connectivity index (χ0v) is 20.5. The molecule has 0 amide bonds. The Balaban J connectivity index is 1.54. The lowest BCUT2D eigenvalue weighted by molar-refractivity contribution is -0.146. The van der Waals surface area contributed by atoms with Crippen LogP contribution in [0, 0.1) is 0 Å². The number of methoxy groups -OCH3 is 1. The molecule has 1 N–H and O–H groups in total. The molecule has 0 bridgehead atoms. The van der Waals surface area contributed by atoms with Crippen LogP contribution in [0.5, 0.6) is 5.75 Å². The number of nitrogens with one attached hydrogen (secondary N) is 1. The quantitative estimate of drug-likeness (QED) is 0.548. The summed E-state index contributed by atoms with van der Waals surface area (Å²) in [5.74, 6) is 0.104. The number of ether oxygens (including phenoxy) is 2. The van der Waals surface area contributed by atoms with E-state index >= 15 is 0 Å². The Morgan fingerprint density at radius 3 is 2.43 bits per heavy atom. The zero-order valence-electron chi connectivity index (χ0n) is 20.5. The van der Waals surface area contributed by atoms with Crippen LogP contribution in [0.2, 0.25) is 0 Å². The maximum absolute atomic E-state index is 13.7. The fraction of sp³-hybridized carbons (Fsp3) is 0.400. The van der Waals surface area contributed by atoms with Gasteiger partial charge in [-0.25, -0.2) is 4.79 Å². The Morgan fingerprint density at radius 1 is 0.943 bits per heavy atom. The van der Waals surface area contributed by atoms with Crippen molar-refractivity contribution in [3.63, 3.8) is 0 Å². The minimum Gasteiger partial charge on any atom is -0.497 e. The van der Waals surface area contributed by atoms with E-state index in [9.17, 15) is 9.59 Å². The monoisotopic (exact) mass is 471 g/mol. The Bertz CT molecular complexity index is 1170. The van der Waals surface area contributed by atoms with Gasteiger partial charge in [0.1, 0.15) is 11.9 Å². The van der Waals surface area contributed by atoms with E-state index in [1.165, 1.54) is 6.42 Å². The van der Waals surface area contributed by atoms with Gasteiger partial charge in [-0.2, -0.15) is 0 Å². The molecule has 1 aliphatic heterocycles. The van der Waals surface area contributed by atoms with Gasteiger partial charge in [-0.05, 0) is 68.2 Å². The minimum absolute atomic E-state index is 0.0533. The molecule has 5 heteroatoms. The van der Waals surface area contributed by atoms with Crippen LogP contribution >= 0.6 is 0 Å². The number of rotatable bonds is 5. The first-order chi connectivity index (χ1) is 17.0. The number of Topliss-reactive ketones (excluding diaryl/α,β-unsaturated/α-hetero) is 1. The molecule has 182 valence electrons. The molecule has 0 radical (unpaired) electrons. The van der Waals surface area contributed by atoms with E-state index in [0.29, 0.717) is 23.3 Å². The van der Waals surface area contributed by atoms with Gasteiger partial charge in [0, 0.05) is 29.3 Å². The second kappa shape index (κ2) is 10.1. The summed E-state index contributed by atoms with van der Waals surface area (Å²) in [5, 5.41) is 3.45.